The highest BCUT2D eigenvalue weighted by Crippen LogP contribution is 2.13. The Balaban J connectivity index is 1.97. The first-order valence-corrected chi connectivity index (χ1v) is 6.83. The number of pyridine rings is 1. The molecule has 0 bridgehead atoms. The van der Waals surface area contributed by atoms with Gasteiger partial charge in [-0.15, -0.1) is 0 Å². The fourth-order valence-electron chi connectivity index (χ4n) is 2.01. The Morgan fingerprint density at radius 2 is 1.95 bits per heavy atom. The minimum Gasteiger partial charge on any atom is -0.331 e. The Hall–Kier alpha value is -2.50. The van der Waals surface area contributed by atoms with Gasteiger partial charge in [0.1, 0.15) is 11.6 Å². The zero-order valence-corrected chi connectivity index (χ0v) is 12.4. The predicted molar refractivity (Wildman–Crippen MR) is 79.0 cm³/mol. The van der Waals surface area contributed by atoms with Gasteiger partial charge in [-0.1, -0.05) is 6.07 Å². The molecule has 2 amide bonds. The van der Waals surface area contributed by atoms with Crippen LogP contribution in [-0.2, 0) is 6.54 Å². The quantitative estimate of drug-likeness (QED) is 0.942. The maximum absolute atomic E-state index is 13.6. The summed E-state index contributed by atoms with van der Waals surface area (Å²) in [7, 11) is 1.55. The van der Waals surface area contributed by atoms with E-state index in [4.69, 9.17) is 0 Å². The number of benzene rings is 1. The van der Waals surface area contributed by atoms with Crippen LogP contribution >= 0.6 is 0 Å². The minimum absolute atomic E-state index is 0.0566. The smallest absolute Gasteiger partial charge is 0.317 e. The van der Waals surface area contributed by atoms with E-state index >= 15 is 0 Å². The molecule has 0 spiro atoms. The van der Waals surface area contributed by atoms with Crippen LogP contribution in [0.25, 0.3) is 0 Å². The maximum atomic E-state index is 13.6. The highest BCUT2D eigenvalue weighted by atomic mass is 19.1. The van der Waals surface area contributed by atoms with Crippen molar-refractivity contribution in [3.8, 4) is 0 Å². The molecule has 0 aliphatic carbocycles. The molecule has 2 aromatic rings. The number of aromatic nitrogens is 1. The van der Waals surface area contributed by atoms with Crippen LogP contribution in [0.1, 0.15) is 24.1 Å². The van der Waals surface area contributed by atoms with E-state index in [-0.39, 0.29) is 24.2 Å². The summed E-state index contributed by atoms with van der Waals surface area (Å²) in [5, 5.41) is 2.81. The highest BCUT2D eigenvalue weighted by Gasteiger charge is 2.15. The zero-order chi connectivity index (χ0) is 16.1. The van der Waals surface area contributed by atoms with Crippen molar-refractivity contribution in [1.82, 2.24) is 15.2 Å². The molecule has 0 saturated carbocycles. The second-order valence-electron chi connectivity index (χ2n) is 5.04. The Morgan fingerprint density at radius 1 is 1.27 bits per heavy atom. The molecule has 2 rings (SSSR count). The van der Waals surface area contributed by atoms with Crippen molar-refractivity contribution in [2.24, 2.45) is 0 Å². The van der Waals surface area contributed by atoms with Gasteiger partial charge in [-0.05, 0) is 30.7 Å². The number of hydrogen-bond donors (Lipinski definition) is 1. The summed E-state index contributed by atoms with van der Waals surface area (Å²) in [5.41, 5.74) is 1.18. The molecule has 116 valence electrons. The van der Waals surface area contributed by atoms with Crippen LogP contribution in [-0.4, -0.2) is 23.0 Å². The van der Waals surface area contributed by atoms with Crippen molar-refractivity contribution in [3.05, 3.63) is 65.5 Å². The third-order valence-corrected chi connectivity index (χ3v) is 3.32. The van der Waals surface area contributed by atoms with Gasteiger partial charge in [-0.2, -0.15) is 0 Å². The number of amides is 2. The molecule has 22 heavy (non-hydrogen) atoms. The van der Waals surface area contributed by atoms with E-state index in [9.17, 15) is 13.6 Å². The van der Waals surface area contributed by atoms with E-state index in [1.165, 1.54) is 17.0 Å². The van der Waals surface area contributed by atoms with Crippen LogP contribution < -0.4 is 5.32 Å². The first-order chi connectivity index (χ1) is 10.5. The zero-order valence-electron chi connectivity index (χ0n) is 12.4. The Morgan fingerprint density at radius 3 is 2.59 bits per heavy atom. The number of rotatable bonds is 4. The lowest BCUT2D eigenvalue weighted by molar-refractivity contribution is 0.203. The van der Waals surface area contributed by atoms with E-state index in [1.807, 2.05) is 19.1 Å². The average molecular weight is 305 g/mol. The third kappa shape index (κ3) is 4.00. The van der Waals surface area contributed by atoms with Crippen LogP contribution in [0.5, 0.6) is 0 Å². The minimum atomic E-state index is -0.665. The van der Waals surface area contributed by atoms with E-state index in [0.29, 0.717) is 0 Å². The van der Waals surface area contributed by atoms with E-state index < -0.39 is 11.6 Å². The Labute approximate surface area is 127 Å². The van der Waals surface area contributed by atoms with Gasteiger partial charge in [0.25, 0.3) is 0 Å². The molecule has 6 heteroatoms. The van der Waals surface area contributed by atoms with Gasteiger partial charge in [0.15, 0.2) is 0 Å². The van der Waals surface area contributed by atoms with Crippen LogP contribution in [0.3, 0.4) is 0 Å². The molecule has 1 unspecified atom stereocenters. The second kappa shape index (κ2) is 6.98. The van der Waals surface area contributed by atoms with Crippen LogP contribution in [0.4, 0.5) is 13.6 Å². The fraction of sp³-hybridized carbons (Fsp3) is 0.250. The summed E-state index contributed by atoms with van der Waals surface area (Å²) in [6, 6.07) is 6.39. The van der Waals surface area contributed by atoms with Crippen LogP contribution in [0.15, 0.2) is 42.7 Å². The molecular weight excluding hydrogens is 288 g/mol. The van der Waals surface area contributed by atoms with Gasteiger partial charge in [0, 0.05) is 37.6 Å². The third-order valence-electron chi connectivity index (χ3n) is 3.32. The lowest BCUT2D eigenvalue weighted by atomic mass is 10.1. The Kier molecular flexibility index (Phi) is 5.04. The second-order valence-corrected chi connectivity index (χ2v) is 5.04. The van der Waals surface area contributed by atoms with Gasteiger partial charge >= 0.3 is 6.03 Å². The molecule has 0 fully saturated rings. The lowest BCUT2D eigenvalue weighted by Crippen LogP contribution is -2.38. The number of halogens is 2. The van der Waals surface area contributed by atoms with Crippen molar-refractivity contribution < 1.29 is 13.6 Å². The van der Waals surface area contributed by atoms with Gasteiger partial charge in [0.2, 0.25) is 0 Å². The van der Waals surface area contributed by atoms with Crippen LogP contribution in [0, 0.1) is 11.6 Å². The van der Waals surface area contributed by atoms with Gasteiger partial charge in [0.05, 0.1) is 6.04 Å². The van der Waals surface area contributed by atoms with Crippen molar-refractivity contribution in [3.63, 3.8) is 0 Å². The standard InChI is InChI=1S/C16H17F2N3O/c1-11(12-5-7-19-8-6-12)20-16(22)21(2)10-13-3-4-14(17)9-15(13)18/h3-9,11H,10H2,1-2H3,(H,20,22). The summed E-state index contributed by atoms with van der Waals surface area (Å²) in [4.78, 5) is 17.4. The highest BCUT2D eigenvalue weighted by molar-refractivity contribution is 5.74. The largest absolute Gasteiger partial charge is 0.331 e. The molecule has 0 aliphatic heterocycles. The SMILES string of the molecule is CC(NC(=O)N(C)Cc1ccc(F)cc1F)c1ccncc1. The lowest BCUT2D eigenvalue weighted by Gasteiger charge is -2.22. The van der Waals surface area contributed by atoms with Gasteiger partial charge < -0.3 is 10.2 Å². The monoisotopic (exact) mass is 305 g/mol. The Bertz CT molecular complexity index is 649. The van der Waals surface area contributed by atoms with E-state index in [1.54, 1.807) is 19.4 Å². The molecule has 0 radical (unpaired) electrons. The number of carbonyl (C=O) groups excluding carboxylic acids is 1. The molecule has 0 aliphatic rings. The molecule has 1 atom stereocenters. The van der Waals surface area contributed by atoms with E-state index in [2.05, 4.69) is 10.3 Å². The number of carbonyl (C=O) groups is 1. The van der Waals surface area contributed by atoms with Crippen LogP contribution in [0.2, 0.25) is 0 Å². The number of urea groups is 1. The molecule has 0 saturated heterocycles. The predicted octanol–water partition coefficient (Wildman–Crippen LogP) is 3.26. The summed E-state index contributed by atoms with van der Waals surface area (Å²) >= 11 is 0. The van der Waals surface area contributed by atoms with Gasteiger partial charge in [-0.3, -0.25) is 4.98 Å². The molecule has 1 aromatic heterocycles. The number of hydrogen-bond acceptors (Lipinski definition) is 2. The van der Waals surface area contributed by atoms with Crippen molar-refractivity contribution in [1.29, 1.82) is 0 Å². The average Bonchev–Trinajstić information content (AvgIpc) is 2.50. The molecule has 1 aromatic carbocycles. The fourth-order valence-corrected chi connectivity index (χ4v) is 2.01. The number of nitrogens with one attached hydrogen (secondary N) is 1. The molecular formula is C16H17F2N3O. The normalized spacial score (nSPS) is 11.8. The number of nitrogens with zero attached hydrogens (tertiary/aromatic N) is 2. The topological polar surface area (TPSA) is 45.2 Å². The van der Waals surface area contributed by atoms with Gasteiger partial charge in [-0.25, -0.2) is 13.6 Å². The maximum Gasteiger partial charge on any atom is 0.317 e. The first kappa shape index (κ1) is 15.9. The summed E-state index contributed by atoms with van der Waals surface area (Å²) in [6.07, 6.45) is 3.30. The van der Waals surface area contributed by atoms with Crippen molar-refractivity contribution in [2.75, 3.05) is 7.05 Å². The summed E-state index contributed by atoms with van der Waals surface area (Å²) in [5.74, 6) is -1.30. The molecule has 1 heterocycles. The first-order valence-electron chi connectivity index (χ1n) is 6.83. The summed E-state index contributed by atoms with van der Waals surface area (Å²) in [6.45, 7) is 1.90. The van der Waals surface area contributed by atoms with E-state index in [0.717, 1.165) is 11.6 Å². The molecule has 1 N–H and O–H groups in total. The van der Waals surface area contributed by atoms with Crippen molar-refractivity contribution >= 4 is 6.03 Å². The van der Waals surface area contributed by atoms with Crippen molar-refractivity contribution in [2.45, 2.75) is 19.5 Å². The molecule has 4 nitrogen and oxygen atoms in total. The summed E-state index contributed by atoms with van der Waals surface area (Å²) < 4.78 is 26.5.